The number of carbonyl (C=O) groups is 1. The molecule has 9 heteroatoms. The van der Waals surface area contributed by atoms with Gasteiger partial charge in [0.1, 0.15) is 0 Å². The number of hydrogen-bond acceptors (Lipinski definition) is 4. The van der Waals surface area contributed by atoms with Crippen molar-refractivity contribution in [2.45, 2.75) is 38.4 Å². The van der Waals surface area contributed by atoms with Gasteiger partial charge in [-0.2, -0.15) is 13.2 Å². The minimum absolute atomic E-state index is 0.0657. The molecule has 144 valence electrons. The van der Waals surface area contributed by atoms with Crippen LogP contribution in [0.15, 0.2) is 4.99 Å². The Labute approximate surface area is 146 Å². The fraction of sp³-hybridized carbons (Fsp3) is 0.875. The first kappa shape index (κ1) is 19.8. The zero-order valence-corrected chi connectivity index (χ0v) is 14.8. The molecular weight excluding hydrogens is 337 g/mol. The number of nitrogens with one attached hydrogen (secondary N) is 1. The molecule has 0 aromatic carbocycles. The van der Waals surface area contributed by atoms with Gasteiger partial charge in [-0.15, -0.1) is 0 Å². The zero-order chi connectivity index (χ0) is 18.4. The summed E-state index contributed by atoms with van der Waals surface area (Å²) in [4.78, 5) is 19.6. The molecule has 2 unspecified atom stereocenters. The number of guanidine groups is 1. The molecule has 0 spiro atoms. The number of halogens is 3. The highest BCUT2D eigenvalue weighted by atomic mass is 19.4. The highest BCUT2D eigenvalue weighted by Crippen LogP contribution is 2.21. The van der Waals surface area contributed by atoms with Crippen molar-refractivity contribution in [3.05, 3.63) is 0 Å². The van der Waals surface area contributed by atoms with Crippen LogP contribution in [-0.2, 0) is 9.53 Å². The van der Waals surface area contributed by atoms with E-state index < -0.39 is 12.7 Å². The number of piperidine rings is 1. The van der Waals surface area contributed by atoms with Crippen LogP contribution >= 0.6 is 0 Å². The maximum atomic E-state index is 12.5. The van der Waals surface area contributed by atoms with Gasteiger partial charge >= 0.3 is 12.1 Å². The zero-order valence-electron chi connectivity index (χ0n) is 14.8. The van der Waals surface area contributed by atoms with Gasteiger partial charge in [-0.25, -0.2) is 0 Å². The largest absolute Gasteiger partial charge is 0.466 e. The van der Waals surface area contributed by atoms with E-state index in [-0.39, 0.29) is 17.9 Å². The van der Waals surface area contributed by atoms with Crippen molar-refractivity contribution in [1.29, 1.82) is 0 Å². The fourth-order valence-electron chi connectivity index (χ4n) is 3.45. The SMILES string of the molecule is CCOC(=O)C1CCCN(C(=NC)NC2CCN(CC(F)(F)F)C2)C1. The summed E-state index contributed by atoms with van der Waals surface area (Å²) in [7, 11) is 1.65. The molecule has 2 aliphatic rings. The van der Waals surface area contributed by atoms with Crippen molar-refractivity contribution in [3.63, 3.8) is 0 Å². The summed E-state index contributed by atoms with van der Waals surface area (Å²) in [5.74, 6) is 0.269. The molecule has 0 aliphatic carbocycles. The van der Waals surface area contributed by atoms with Gasteiger partial charge in [-0.05, 0) is 26.2 Å². The van der Waals surface area contributed by atoms with Gasteiger partial charge in [0.05, 0.1) is 19.1 Å². The van der Waals surface area contributed by atoms with Crippen molar-refractivity contribution in [1.82, 2.24) is 15.1 Å². The van der Waals surface area contributed by atoms with Crippen LogP contribution in [-0.4, -0.2) is 80.3 Å². The van der Waals surface area contributed by atoms with Crippen LogP contribution in [0.4, 0.5) is 13.2 Å². The average Bonchev–Trinajstić information content (AvgIpc) is 2.98. The van der Waals surface area contributed by atoms with Gasteiger partial charge < -0.3 is 15.0 Å². The van der Waals surface area contributed by atoms with Crippen molar-refractivity contribution in [2.75, 3.05) is 46.4 Å². The maximum absolute atomic E-state index is 12.5. The lowest BCUT2D eigenvalue weighted by Gasteiger charge is -2.35. The van der Waals surface area contributed by atoms with Crippen molar-refractivity contribution in [2.24, 2.45) is 10.9 Å². The van der Waals surface area contributed by atoms with Crippen molar-refractivity contribution < 1.29 is 22.7 Å². The summed E-state index contributed by atoms with van der Waals surface area (Å²) in [6.07, 6.45) is -1.88. The molecular formula is C16H27F3N4O2. The Hall–Kier alpha value is -1.51. The Balaban J connectivity index is 1.87. The highest BCUT2D eigenvalue weighted by Gasteiger charge is 2.35. The molecule has 2 aliphatic heterocycles. The lowest BCUT2D eigenvalue weighted by atomic mass is 9.98. The van der Waals surface area contributed by atoms with Crippen LogP contribution in [0.5, 0.6) is 0 Å². The molecule has 0 saturated carbocycles. The van der Waals surface area contributed by atoms with E-state index in [4.69, 9.17) is 4.74 Å². The molecule has 2 atom stereocenters. The third-order valence-electron chi connectivity index (χ3n) is 4.56. The number of nitrogens with zero attached hydrogens (tertiary/aromatic N) is 3. The number of esters is 1. The van der Waals surface area contributed by atoms with Gasteiger partial charge in [0.2, 0.25) is 0 Å². The van der Waals surface area contributed by atoms with Crippen molar-refractivity contribution >= 4 is 11.9 Å². The Bertz CT molecular complexity index is 484. The summed E-state index contributed by atoms with van der Waals surface area (Å²) in [5, 5.41) is 3.26. The number of carbonyl (C=O) groups excluding carboxylic acids is 1. The first-order valence-corrected chi connectivity index (χ1v) is 8.76. The molecule has 2 fully saturated rings. The Kier molecular flexibility index (Phi) is 6.92. The average molecular weight is 364 g/mol. The minimum Gasteiger partial charge on any atom is -0.466 e. The summed E-state index contributed by atoms with van der Waals surface area (Å²) < 4.78 is 42.6. The van der Waals surface area contributed by atoms with E-state index in [0.717, 1.165) is 19.4 Å². The maximum Gasteiger partial charge on any atom is 0.401 e. The van der Waals surface area contributed by atoms with E-state index in [1.165, 1.54) is 4.90 Å². The molecule has 2 rings (SSSR count). The summed E-state index contributed by atoms with van der Waals surface area (Å²) >= 11 is 0. The van der Waals surface area contributed by atoms with Crippen LogP contribution < -0.4 is 5.32 Å². The standard InChI is InChI=1S/C16H27F3N4O2/c1-3-25-14(24)12-5-4-7-23(9-12)15(20-2)21-13-6-8-22(10-13)11-16(17,18)19/h12-13H,3-11H2,1-2H3,(H,20,21). The Morgan fingerprint density at radius 2 is 2.04 bits per heavy atom. The third-order valence-corrected chi connectivity index (χ3v) is 4.56. The van der Waals surface area contributed by atoms with Gasteiger partial charge in [-0.1, -0.05) is 0 Å². The van der Waals surface area contributed by atoms with E-state index in [0.29, 0.717) is 38.6 Å². The first-order chi connectivity index (χ1) is 11.8. The predicted molar refractivity (Wildman–Crippen MR) is 88.3 cm³/mol. The molecule has 2 heterocycles. The quantitative estimate of drug-likeness (QED) is 0.465. The second-order valence-electron chi connectivity index (χ2n) is 6.56. The van der Waals surface area contributed by atoms with Gasteiger partial charge in [-0.3, -0.25) is 14.7 Å². The number of hydrogen-bond donors (Lipinski definition) is 1. The van der Waals surface area contributed by atoms with E-state index in [2.05, 4.69) is 10.3 Å². The summed E-state index contributed by atoms with van der Waals surface area (Å²) in [6, 6.07) is -0.0657. The van der Waals surface area contributed by atoms with E-state index in [9.17, 15) is 18.0 Å². The van der Waals surface area contributed by atoms with Gasteiger partial charge in [0, 0.05) is 39.3 Å². The van der Waals surface area contributed by atoms with Crippen LogP contribution in [0.2, 0.25) is 0 Å². The van der Waals surface area contributed by atoms with E-state index in [1.807, 2.05) is 4.90 Å². The van der Waals surface area contributed by atoms with E-state index in [1.54, 1.807) is 14.0 Å². The molecule has 0 aromatic rings. The van der Waals surface area contributed by atoms with Gasteiger partial charge in [0.15, 0.2) is 5.96 Å². The molecule has 0 bridgehead atoms. The Morgan fingerprint density at radius 3 is 2.68 bits per heavy atom. The monoisotopic (exact) mass is 364 g/mol. The molecule has 25 heavy (non-hydrogen) atoms. The molecule has 0 radical (unpaired) electrons. The van der Waals surface area contributed by atoms with Crippen LogP contribution in [0, 0.1) is 5.92 Å². The fourth-order valence-corrected chi connectivity index (χ4v) is 3.45. The number of aliphatic imine (C=N–C) groups is 1. The van der Waals surface area contributed by atoms with Crippen LogP contribution in [0.25, 0.3) is 0 Å². The van der Waals surface area contributed by atoms with Gasteiger partial charge in [0.25, 0.3) is 0 Å². The normalized spacial score (nSPS) is 26.0. The van der Waals surface area contributed by atoms with Crippen LogP contribution in [0.3, 0.4) is 0 Å². The minimum atomic E-state index is -4.17. The smallest absolute Gasteiger partial charge is 0.401 e. The highest BCUT2D eigenvalue weighted by molar-refractivity contribution is 5.81. The number of likely N-dealkylation sites (tertiary alicyclic amines) is 2. The second-order valence-corrected chi connectivity index (χ2v) is 6.56. The van der Waals surface area contributed by atoms with Crippen LogP contribution in [0.1, 0.15) is 26.2 Å². The number of alkyl halides is 3. The lowest BCUT2D eigenvalue weighted by molar-refractivity contribution is -0.149. The topological polar surface area (TPSA) is 57.2 Å². The lowest BCUT2D eigenvalue weighted by Crippen LogP contribution is -2.51. The Morgan fingerprint density at radius 1 is 1.28 bits per heavy atom. The molecule has 6 nitrogen and oxygen atoms in total. The second kappa shape index (κ2) is 8.73. The number of ether oxygens (including phenoxy) is 1. The molecule has 1 N–H and O–H groups in total. The summed E-state index contributed by atoms with van der Waals surface area (Å²) in [6.45, 7) is 3.32. The predicted octanol–water partition coefficient (Wildman–Crippen LogP) is 1.47. The molecule has 2 saturated heterocycles. The van der Waals surface area contributed by atoms with E-state index >= 15 is 0 Å². The first-order valence-electron chi connectivity index (χ1n) is 8.76. The third kappa shape index (κ3) is 6.05. The van der Waals surface area contributed by atoms with Crippen molar-refractivity contribution in [3.8, 4) is 0 Å². The molecule has 0 aromatic heterocycles. The summed E-state index contributed by atoms with van der Waals surface area (Å²) in [5.41, 5.74) is 0. The number of rotatable bonds is 4. The molecule has 0 amide bonds.